The van der Waals surface area contributed by atoms with Gasteiger partial charge in [0.05, 0.1) is 5.56 Å². The van der Waals surface area contributed by atoms with Crippen LogP contribution in [0.4, 0.5) is 0 Å². The Bertz CT molecular complexity index is 747. The molecule has 0 saturated heterocycles. The molecule has 136 valence electrons. The summed E-state index contributed by atoms with van der Waals surface area (Å²) in [4.78, 5) is 44.5. The first-order valence-corrected chi connectivity index (χ1v) is 8.09. The first kappa shape index (κ1) is 20.8. The Balaban J connectivity index is 0.000000273. The van der Waals surface area contributed by atoms with Crippen molar-refractivity contribution in [1.82, 2.24) is 4.90 Å². The van der Waals surface area contributed by atoms with E-state index in [2.05, 4.69) is 0 Å². The van der Waals surface area contributed by atoms with Gasteiger partial charge in [0.2, 0.25) is 0 Å². The second-order valence-corrected chi connectivity index (χ2v) is 5.26. The van der Waals surface area contributed by atoms with Crippen LogP contribution in [0.15, 0.2) is 48.5 Å². The molecule has 0 bridgehead atoms. The molecule has 0 radical (unpaired) electrons. The quantitative estimate of drug-likeness (QED) is 0.804. The molecule has 1 N–H and O–H groups in total. The summed E-state index contributed by atoms with van der Waals surface area (Å²) in [5.74, 6) is -0.972. The molecule has 0 spiro atoms. The minimum Gasteiger partial charge on any atom is -0.478 e. The van der Waals surface area contributed by atoms with Crippen molar-refractivity contribution in [2.45, 2.75) is 13.8 Å². The Labute approximate surface area is 152 Å². The van der Waals surface area contributed by atoms with Crippen molar-refractivity contribution in [1.29, 1.82) is 0 Å². The summed E-state index contributed by atoms with van der Waals surface area (Å²) in [6.45, 7) is 5.29. The number of aromatic carboxylic acids is 1. The standard InChI is InChI=1S/C12H15NO2.C8H6O3/c1-3-13(4-2)12(15)11-7-5-10(9-14)6-8-11;9-5-6-1-3-7(4-2-6)8(10)11/h5-9H,3-4H2,1-2H3;1-5H,(H,10,11). The molecule has 2 rings (SSSR count). The monoisotopic (exact) mass is 355 g/mol. The van der Waals surface area contributed by atoms with E-state index in [4.69, 9.17) is 5.11 Å². The minimum absolute atomic E-state index is 0.0115. The smallest absolute Gasteiger partial charge is 0.335 e. The molecule has 2 aromatic carbocycles. The van der Waals surface area contributed by atoms with Gasteiger partial charge in [0, 0.05) is 29.8 Å². The largest absolute Gasteiger partial charge is 0.478 e. The van der Waals surface area contributed by atoms with Crippen LogP contribution in [-0.2, 0) is 0 Å². The van der Waals surface area contributed by atoms with Crippen molar-refractivity contribution in [2.24, 2.45) is 0 Å². The van der Waals surface area contributed by atoms with Crippen molar-refractivity contribution in [2.75, 3.05) is 13.1 Å². The lowest BCUT2D eigenvalue weighted by Crippen LogP contribution is -2.30. The van der Waals surface area contributed by atoms with Gasteiger partial charge in [-0.25, -0.2) is 4.79 Å². The number of amides is 1. The molecular formula is C20H21NO5. The third kappa shape index (κ3) is 5.98. The van der Waals surface area contributed by atoms with E-state index in [-0.39, 0.29) is 11.5 Å². The fraction of sp³-hybridized carbons (Fsp3) is 0.200. The second kappa shape index (κ2) is 10.6. The lowest BCUT2D eigenvalue weighted by Gasteiger charge is -2.18. The first-order chi connectivity index (χ1) is 12.5. The van der Waals surface area contributed by atoms with Gasteiger partial charge in [0.25, 0.3) is 5.91 Å². The first-order valence-electron chi connectivity index (χ1n) is 8.09. The van der Waals surface area contributed by atoms with Crippen LogP contribution in [0.2, 0.25) is 0 Å². The predicted octanol–water partition coefficient (Wildman–Crippen LogP) is 3.18. The van der Waals surface area contributed by atoms with Crippen molar-refractivity contribution in [3.63, 3.8) is 0 Å². The van der Waals surface area contributed by atoms with E-state index in [0.29, 0.717) is 36.1 Å². The topological polar surface area (TPSA) is 91.8 Å². The molecule has 0 saturated carbocycles. The number of benzene rings is 2. The highest BCUT2D eigenvalue weighted by Gasteiger charge is 2.11. The van der Waals surface area contributed by atoms with E-state index in [9.17, 15) is 19.2 Å². The number of carbonyl (C=O) groups is 4. The fourth-order valence-electron chi connectivity index (χ4n) is 2.10. The van der Waals surface area contributed by atoms with Crippen molar-refractivity contribution >= 4 is 24.4 Å². The highest BCUT2D eigenvalue weighted by molar-refractivity contribution is 5.94. The van der Waals surface area contributed by atoms with E-state index in [0.717, 1.165) is 6.29 Å². The Morgan fingerprint density at radius 2 is 1.19 bits per heavy atom. The molecule has 0 aliphatic rings. The van der Waals surface area contributed by atoms with Crippen LogP contribution in [0.1, 0.15) is 55.3 Å². The van der Waals surface area contributed by atoms with E-state index in [1.54, 1.807) is 29.2 Å². The van der Waals surface area contributed by atoms with Crippen LogP contribution in [0.3, 0.4) is 0 Å². The second-order valence-electron chi connectivity index (χ2n) is 5.26. The van der Waals surface area contributed by atoms with E-state index in [1.807, 2.05) is 13.8 Å². The molecule has 0 aromatic heterocycles. The molecule has 6 nitrogen and oxygen atoms in total. The normalized spacial score (nSPS) is 9.46. The lowest BCUT2D eigenvalue weighted by molar-refractivity contribution is 0.0695. The van der Waals surface area contributed by atoms with E-state index in [1.165, 1.54) is 24.3 Å². The van der Waals surface area contributed by atoms with Crippen LogP contribution in [-0.4, -0.2) is 47.5 Å². The molecule has 0 fully saturated rings. The molecule has 0 aliphatic carbocycles. The van der Waals surface area contributed by atoms with Crippen LogP contribution in [0.25, 0.3) is 0 Å². The van der Waals surface area contributed by atoms with Gasteiger partial charge in [-0.15, -0.1) is 0 Å². The van der Waals surface area contributed by atoms with E-state index < -0.39 is 5.97 Å². The number of hydrogen-bond acceptors (Lipinski definition) is 4. The SMILES string of the molecule is CCN(CC)C(=O)c1ccc(C=O)cc1.O=Cc1ccc(C(=O)O)cc1. The summed E-state index contributed by atoms with van der Waals surface area (Å²) in [5, 5.41) is 8.46. The highest BCUT2D eigenvalue weighted by atomic mass is 16.4. The molecule has 1 amide bonds. The molecule has 0 aliphatic heterocycles. The molecular weight excluding hydrogens is 334 g/mol. The third-order valence-corrected chi connectivity index (χ3v) is 3.64. The van der Waals surface area contributed by atoms with Gasteiger partial charge in [-0.1, -0.05) is 24.3 Å². The van der Waals surface area contributed by atoms with Gasteiger partial charge in [-0.3, -0.25) is 14.4 Å². The maximum atomic E-state index is 11.8. The van der Waals surface area contributed by atoms with Crippen LogP contribution in [0.5, 0.6) is 0 Å². The maximum absolute atomic E-state index is 11.8. The molecule has 2 aromatic rings. The molecule has 0 heterocycles. The Morgan fingerprint density at radius 1 is 0.808 bits per heavy atom. The van der Waals surface area contributed by atoms with Gasteiger partial charge in [0.1, 0.15) is 12.6 Å². The number of carbonyl (C=O) groups excluding carboxylic acids is 3. The van der Waals surface area contributed by atoms with Gasteiger partial charge in [-0.2, -0.15) is 0 Å². The number of carboxylic acid groups (broad SMARTS) is 1. The van der Waals surface area contributed by atoms with Gasteiger partial charge in [0.15, 0.2) is 0 Å². The number of aldehydes is 2. The zero-order chi connectivity index (χ0) is 19.5. The van der Waals surface area contributed by atoms with Gasteiger partial charge >= 0.3 is 5.97 Å². The van der Waals surface area contributed by atoms with Crippen LogP contribution < -0.4 is 0 Å². The molecule has 0 unspecified atom stereocenters. The lowest BCUT2D eigenvalue weighted by atomic mass is 10.1. The highest BCUT2D eigenvalue weighted by Crippen LogP contribution is 2.06. The summed E-state index contributed by atoms with van der Waals surface area (Å²) < 4.78 is 0. The number of nitrogens with zero attached hydrogens (tertiary/aromatic N) is 1. The molecule has 6 heteroatoms. The van der Waals surface area contributed by atoms with Gasteiger partial charge < -0.3 is 10.0 Å². The minimum atomic E-state index is -0.984. The van der Waals surface area contributed by atoms with Crippen molar-refractivity contribution in [3.05, 3.63) is 70.8 Å². The summed E-state index contributed by atoms with van der Waals surface area (Å²) in [7, 11) is 0. The fourth-order valence-corrected chi connectivity index (χ4v) is 2.10. The zero-order valence-corrected chi connectivity index (χ0v) is 14.7. The summed E-state index contributed by atoms with van der Waals surface area (Å²) in [6, 6.07) is 12.4. The Hall–Kier alpha value is -3.28. The number of carboxylic acids is 1. The number of rotatable bonds is 6. The third-order valence-electron chi connectivity index (χ3n) is 3.64. The maximum Gasteiger partial charge on any atom is 0.335 e. The van der Waals surface area contributed by atoms with Crippen molar-refractivity contribution < 1.29 is 24.3 Å². The summed E-state index contributed by atoms with van der Waals surface area (Å²) in [5.41, 5.74) is 1.89. The van der Waals surface area contributed by atoms with Gasteiger partial charge in [-0.05, 0) is 38.1 Å². The zero-order valence-electron chi connectivity index (χ0n) is 14.7. The summed E-state index contributed by atoms with van der Waals surface area (Å²) in [6.07, 6.45) is 1.44. The molecule has 26 heavy (non-hydrogen) atoms. The van der Waals surface area contributed by atoms with Crippen molar-refractivity contribution in [3.8, 4) is 0 Å². The summed E-state index contributed by atoms with van der Waals surface area (Å²) >= 11 is 0. The predicted molar refractivity (Wildman–Crippen MR) is 97.9 cm³/mol. The van der Waals surface area contributed by atoms with Crippen LogP contribution >= 0.6 is 0 Å². The van der Waals surface area contributed by atoms with E-state index >= 15 is 0 Å². The Kier molecular flexibility index (Phi) is 8.43. The average Bonchev–Trinajstić information content (AvgIpc) is 2.69. The number of hydrogen-bond donors (Lipinski definition) is 1. The molecule has 0 atom stereocenters. The van der Waals surface area contributed by atoms with Crippen LogP contribution in [0, 0.1) is 0 Å². The average molecular weight is 355 g/mol. The Morgan fingerprint density at radius 3 is 1.50 bits per heavy atom.